The van der Waals surface area contributed by atoms with E-state index in [0.717, 1.165) is 46.4 Å². The minimum absolute atomic E-state index is 0.0140. The second kappa shape index (κ2) is 23.7. The second-order valence-corrected chi connectivity index (χ2v) is 15.0. The lowest BCUT2D eigenvalue weighted by Gasteiger charge is -2.20. The van der Waals surface area contributed by atoms with Crippen molar-refractivity contribution in [2.75, 3.05) is 20.5 Å². The van der Waals surface area contributed by atoms with Gasteiger partial charge in [-0.25, -0.2) is 9.59 Å². The number of esters is 2. The molecule has 0 unspecified atom stereocenters. The van der Waals surface area contributed by atoms with Crippen molar-refractivity contribution in [3.8, 4) is 23.0 Å². The van der Waals surface area contributed by atoms with Gasteiger partial charge in [0.25, 0.3) is 0 Å². The molecular formula is C55H50O10. The Bertz CT molecular complexity index is 2530. The average Bonchev–Trinajstić information content (AvgIpc) is 3.36. The van der Waals surface area contributed by atoms with E-state index in [-0.39, 0.29) is 79.3 Å². The topological polar surface area (TPSA) is 116 Å². The number of aryl methyl sites for hydroxylation is 1. The van der Waals surface area contributed by atoms with E-state index in [4.69, 9.17) is 33.2 Å². The van der Waals surface area contributed by atoms with Gasteiger partial charge in [-0.05, 0) is 83.5 Å². The second-order valence-electron chi connectivity index (χ2n) is 15.0. The number of methoxy groups -OCH3 is 1. The molecule has 10 heteroatoms. The highest BCUT2D eigenvalue weighted by atomic mass is 16.7. The summed E-state index contributed by atoms with van der Waals surface area (Å²) in [6.07, 6.45) is 2.17. The Morgan fingerprint density at radius 2 is 0.938 bits per heavy atom. The van der Waals surface area contributed by atoms with Crippen molar-refractivity contribution in [2.24, 2.45) is 0 Å². The van der Waals surface area contributed by atoms with E-state index in [1.165, 1.54) is 18.2 Å². The van der Waals surface area contributed by atoms with Crippen LogP contribution in [0.2, 0.25) is 0 Å². The third-order valence-corrected chi connectivity index (χ3v) is 10.3. The van der Waals surface area contributed by atoms with Gasteiger partial charge in [0.15, 0.2) is 6.79 Å². The predicted molar refractivity (Wildman–Crippen MR) is 246 cm³/mol. The molecule has 0 atom stereocenters. The Balaban J connectivity index is 1.22. The molecule has 0 fully saturated rings. The molecule has 0 aliphatic carbocycles. The number of ether oxygens (including phenoxy) is 7. The van der Waals surface area contributed by atoms with Crippen LogP contribution in [0.4, 0.5) is 0 Å². The highest BCUT2D eigenvalue weighted by Gasteiger charge is 2.31. The molecule has 0 radical (unpaired) electrons. The van der Waals surface area contributed by atoms with Crippen molar-refractivity contribution >= 4 is 17.7 Å². The van der Waals surface area contributed by atoms with Gasteiger partial charge in [0.1, 0.15) is 55.0 Å². The summed E-state index contributed by atoms with van der Waals surface area (Å²) in [7, 11) is 1.57. The number of carbonyl (C=O) groups is 3. The first-order valence-electron chi connectivity index (χ1n) is 21.4. The van der Waals surface area contributed by atoms with E-state index in [1.54, 1.807) is 19.2 Å². The van der Waals surface area contributed by atoms with Crippen molar-refractivity contribution in [3.05, 3.63) is 226 Å². The maximum atomic E-state index is 15.5. The van der Waals surface area contributed by atoms with Gasteiger partial charge in [0.05, 0.1) is 23.3 Å². The molecule has 0 spiro atoms. The number of hydrogen-bond acceptors (Lipinski definition) is 10. The van der Waals surface area contributed by atoms with Crippen molar-refractivity contribution in [3.63, 3.8) is 0 Å². The summed E-state index contributed by atoms with van der Waals surface area (Å²) in [6.45, 7) is 0.531. The van der Waals surface area contributed by atoms with E-state index in [1.807, 2.05) is 146 Å². The SMILES string of the molecule is COCOc1ccc(CCCCOC(=O)c2cc(OCc3ccccc3)c(C(=O)c3c(OCc4ccccc4)cccc3C(=O)OCc3ccccc3)c(OCc3ccccc3)c2)cc1. The van der Waals surface area contributed by atoms with Gasteiger partial charge in [0, 0.05) is 7.11 Å². The molecular weight excluding hydrogens is 821 g/mol. The largest absolute Gasteiger partial charge is 0.488 e. The summed E-state index contributed by atoms with van der Waals surface area (Å²) in [5.41, 5.74) is 4.43. The number of benzene rings is 7. The maximum Gasteiger partial charge on any atom is 0.339 e. The summed E-state index contributed by atoms with van der Waals surface area (Å²) in [4.78, 5) is 43.4. The highest BCUT2D eigenvalue weighted by Crippen LogP contribution is 2.38. The number of hydrogen-bond donors (Lipinski definition) is 0. The summed E-state index contributed by atoms with van der Waals surface area (Å²) >= 11 is 0. The quantitative estimate of drug-likeness (QED) is 0.0266. The lowest BCUT2D eigenvalue weighted by atomic mass is 9.94. The monoisotopic (exact) mass is 870 g/mol. The van der Waals surface area contributed by atoms with Crippen LogP contribution in [0, 0.1) is 0 Å². The lowest BCUT2D eigenvalue weighted by Crippen LogP contribution is -2.17. The molecule has 0 bridgehead atoms. The zero-order valence-electron chi connectivity index (χ0n) is 36.2. The summed E-state index contributed by atoms with van der Waals surface area (Å²) in [6, 6.07) is 53.2. The van der Waals surface area contributed by atoms with Gasteiger partial charge in [-0.1, -0.05) is 140 Å². The van der Waals surface area contributed by atoms with Crippen molar-refractivity contribution in [1.82, 2.24) is 0 Å². The van der Waals surface area contributed by atoms with Gasteiger partial charge >= 0.3 is 11.9 Å². The Kier molecular flexibility index (Phi) is 16.5. The molecule has 0 aliphatic heterocycles. The normalized spacial score (nSPS) is 10.7. The molecule has 0 saturated heterocycles. The molecule has 0 N–H and O–H groups in total. The molecule has 0 saturated carbocycles. The average molecular weight is 871 g/mol. The molecule has 7 aromatic rings. The van der Waals surface area contributed by atoms with Crippen LogP contribution < -0.4 is 18.9 Å². The van der Waals surface area contributed by atoms with Crippen molar-refractivity contribution in [2.45, 2.75) is 45.7 Å². The van der Waals surface area contributed by atoms with E-state index in [9.17, 15) is 9.59 Å². The molecule has 0 aliphatic rings. The van der Waals surface area contributed by atoms with Crippen LogP contribution in [0.5, 0.6) is 23.0 Å². The van der Waals surface area contributed by atoms with E-state index < -0.39 is 17.7 Å². The van der Waals surface area contributed by atoms with Gasteiger partial charge in [-0.15, -0.1) is 0 Å². The predicted octanol–water partition coefficient (Wildman–Crippen LogP) is 11.2. The van der Waals surface area contributed by atoms with Crippen LogP contribution in [0.15, 0.2) is 176 Å². The fourth-order valence-corrected chi connectivity index (χ4v) is 6.91. The van der Waals surface area contributed by atoms with Gasteiger partial charge in [-0.3, -0.25) is 4.79 Å². The minimum Gasteiger partial charge on any atom is -0.488 e. The Morgan fingerprint density at radius 3 is 1.46 bits per heavy atom. The Hall–Kier alpha value is -7.69. The molecule has 65 heavy (non-hydrogen) atoms. The first-order valence-corrected chi connectivity index (χ1v) is 21.4. The van der Waals surface area contributed by atoms with Crippen LogP contribution in [0.3, 0.4) is 0 Å². The number of ketones is 1. The first kappa shape index (κ1) is 45.3. The molecule has 0 aromatic heterocycles. The summed E-state index contributed by atoms with van der Waals surface area (Å²) < 4.78 is 41.3. The van der Waals surface area contributed by atoms with Crippen LogP contribution in [-0.4, -0.2) is 38.2 Å². The van der Waals surface area contributed by atoms with Gasteiger partial charge in [-0.2, -0.15) is 0 Å². The molecule has 7 rings (SSSR count). The minimum atomic E-state index is -0.728. The number of unbranched alkanes of at least 4 members (excludes halogenated alkanes) is 1. The summed E-state index contributed by atoms with van der Waals surface area (Å²) in [5.74, 6) is -1.01. The van der Waals surface area contributed by atoms with Crippen LogP contribution in [-0.2, 0) is 47.1 Å². The molecule has 0 amide bonds. The molecule has 7 aromatic carbocycles. The molecule has 330 valence electrons. The highest BCUT2D eigenvalue weighted by molar-refractivity contribution is 6.19. The summed E-state index contributed by atoms with van der Waals surface area (Å²) in [5, 5.41) is 0. The number of carbonyl (C=O) groups excluding carboxylic acids is 3. The van der Waals surface area contributed by atoms with E-state index in [0.29, 0.717) is 6.42 Å². The third kappa shape index (κ3) is 13.2. The first-order chi connectivity index (χ1) is 31.9. The van der Waals surface area contributed by atoms with Crippen LogP contribution >= 0.6 is 0 Å². The van der Waals surface area contributed by atoms with Crippen LogP contribution in [0.25, 0.3) is 0 Å². The molecule has 0 heterocycles. The van der Waals surface area contributed by atoms with Crippen molar-refractivity contribution < 1.29 is 47.5 Å². The zero-order chi connectivity index (χ0) is 45.1. The smallest absolute Gasteiger partial charge is 0.339 e. The van der Waals surface area contributed by atoms with Crippen molar-refractivity contribution in [1.29, 1.82) is 0 Å². The van der Waals surface area contributed by atoms with E-state index in [2.05, 4.69) is 0 Å². The zero-order valence-corrected chi connectivity index (χ0v) is 36.2. The Labute approximate surface area is 379 Å². The lowest BCUT2D eigenvalue weighted by molar-refractivity contribution is 0.0467. The van der Waals surface area contributed by atoms with Gasteiger partial charge < -0.3 is 33.2 Å². The third-order valence-electron chi connectivity index (χ3n) is 10.3. The van der Waals surface area contributed by atoms with Crippen LogP contribution in [0.1, 0.15) is 77.3 Å². The standard InChI is InChI=1S/C55H50O10/c1-59-39-65-46-30-28-40(29-31-46)17-14-15-32-60-54(57)45-33-49(62-36-42-20-8-3-9-21-42)52(50(34-45)63-37-43-22-10-4-11-23-43)53(56)51-47(55(58)64-38-44-24-12-5-13-25-44)26-16-27-48(51)61-35-41-18-6-2-7-19-41/h2-13,16,18-31,33-34H,14-15,17,32,35-39H2,1H3. The fourth-order valence-electron chi connectivity index (χ4n) is 6.91. The van der Waals surface area contributed by atoms with E-state index >= 15 is 4.79 Å². The fraction of sp³-hybridized carbons (Fsp3) is 0.182. The Morgan fingerprint density at radius 1 is 0.431 bits per heavy atom. The molecule has 10 nitrogen and oxygen atoms in total. The maximum absolute atomic E-state index is 15.5. The number of rotatable bonds is 23. The van der Waals surface area contributed by atoms with Gasteiger partial charge in [0.2, 0.25) is 5.78 Å².